The Kier molecular flexibility index (Phi) is 7.18. The van der Waals surface area contributed by atoms with Crippen LogP contribution in [0, 0.1) is 0 Å². The number of urea groups is 1. The van der Waals surface area contributed by atoms with Crippen LogP contribution in [0.5, 0.6) is 0 Å². The molecule has 2 N–H and O–H groups in total. The number of rotatable bonds is 6. The number of nitrogens with zero attached hydrogens (tertiary/aromatic N) is 5. The molecule has 1 aliphatic carbocycles. The molecule has 0 atom stereocenters. The van der Waals surface area contributed by atoms with E-state index in [-0.39, 0.29) is 23.7 Å². The normalized spacial score (nSPS) is 27.2. The molecule has 1 spiro atoms. The molecule has 2 aliphatic rings. The third-order valence-corrected chi connectivity index (χ3v) is 7.72. The highest BCUT2D eigenvalue weighted by Crippen LogP contribution is 2.47. The lowest BCUT2D eigenvalue weighted by molar-refractivity contribution is 0.0660. The standard InChI is InChI=1S/C22H34N6O2S/c1-17(15-24-19(23-2)27(5)12-13-29)28-16-21(25-20(28)30)8-10-22(11-9-21,26(3)4)18-7-6-14-31-18/h6-7,14-15,29H,2,8-13,16H2,1,3-5H3,(H,25,30)/b17-15+,24-19+/t21-,22+. The summed E-state index contributed by atoms with van der Waals surface area (Å²) in [7, 11) is 6.10. The van der Waals surface area contributed by atoms with Crippen molar-refractivity contribution in [3.8, 4) is 0 Å². The third kappa shape index (κ3) is 4.68. The SMILES string of the molecule is C=N/C(=N\C=C(/C)N1C[C@]2(CC[C@](c3cccs3)(N(C)C)CC2)NC1=O)N(C)CCO. The number of guanidine groups is 1. The average Bonchev–Trinajstić information content (AvgIpc) is 3.38. The number of thiophene rings is 1. The van der Waals surface area contributed by atoms with Crippen LogP contribution in [0.4, 0.5) is 4.79 Å². The highest BCUT2D eigenvalue weighted by atomic mass is 32.1. The molecule has 0 unspecified atom stereocenters. The second kappa shape index (κ2) is 9.50. The van der Waals surface area contributed by atoms with Crippen LogP contribution in [0.15, 0.2) is 39.4 Å². The zero-order valence-electron chi connectivity index (χ0n) is 19.0. The summed E-state index contributed by atoms with van der Waals surface area (Å²) in [5.41, 5.74) is 0.588. The first-order valence-electron chi connectivity index (χ1n) is 10.6. The second-order valence-electron chi connectivity index (χ2n) is 8.70. The highest BCUT2D eigenvalue weighted by molar-refractivity contribution is 7.10. The fourth-order valence-corrected chi connectivity index (χ4v) is 5.67. The molecular formula is C22H34N6O2S. The van der Waals surface area contributed by atoms with Crippen molar-refractivity contribution in [3.63, 3.8) is 0 Å². The summed E-state index contributed by atoms with van der Waals surface area (Å²) in [4.78, 5) is 28.3. The Balaban J connectivity index is 1.72. The number of aliphatic imine (C=N–C) groups is 2. The number of allylic oxidation sites excluding steroid dienone is 1. The predicted molar refractivity (Wildman–Crippen MR) is 127 cm³/mol. The molecular weight excluding hydrogens is 412 g/mol. The molecule has 1 saturated carbocycles. The molecule has 3 rings (SSSR count). The van der Waals surface area contributed by atoms with Gasteiger partial charge in [0.1, 0.15) is 0 Å². The first-order chi connectivity index (χ1) is 14.8. The largest absolute Gasteiger partial charge is 0.395 e. The van der Waals surface area contributed by atoms with Crippen LogP contribution in [0.1, 0.15) is 37.5 Å². The number of carbonyl (C=O) groups excluding carboxylic acids is 1. The lowest BCUT2D eigenvalue weighted by Gasteiger charge is -2.47. The molecule has 0 bridgehead atoms. The van der Waals surface area contributed by atoms with E-state index in [9.17, 15) is 4.79 Å². The summed E-state index contributed by atoms with van der Waals surface area (Å²) >= 11 is 1.81. The van der Waals surface area contributed by atoms with Gasteiger partial charge in [-0.1, -0.05) is 6.07 Å². The Morgan fingerprint density at radius 1 is 1.35 bits per heavy atom. The number of hydrogen-bond acceptors (Lipinski definition) is 5. The van der Waals surface area contributed by atoms with Gasteiger partial charge >= 0.3 is 6.03 Å². The van der Waals surface area contributed by atoms with Gasteiger partial charge in [0, 0.05) is 24.2 Å². The van der Waals surface area contributed by atoms with Gasteiger partial charge in [0.15, 0.2) is 0 Å². The maximum Gasteiger partial charge on any atom is 0.322 e. The third-order valence-electron chi connectivity index (χ3n) is 6.66. The number of nitrogens with one attached hydrogen (secondary N) is 1. The first kappa shape index (κ1) is 23.4. The quantitative estimate of drug-likeness (QED) is 0.520. The van der Waals surface area contributed by atoms with Crippen LogP contribution >= 0.6 is 11.3 Å². The zero-order valence-corrected chi connectivity index (χ0v) is 19.8. The van der Waals surface area contributed by atoms with Gasteiger partial charge in [-0.15, -0.1) is 11.3 Å². The summed E-state index contributed by atoms with van der Waals surface area (Å²) in [6.45, 7) is 6.48. The molecule has 2 fully saturated rings. The minimum absolute atomic E-state index is 0.00466. The number of hydrogen-bond donors (Lipinski definition) is 2. The van der Waals surface area contributed by atoms with Gasteiger partial charge in [-0.05, 0) is 64.9 Å². The molecule has 2 amide bonds. The van der Waals surface area contributed by atoms with Crippen LogP contribution in [-0.4, -0.2) is 84.9 Å². The minimum Gasteiger partial charge on any atom is -0.395 e. The van der Waals surface area contributed by atoms with E-state index in [1.165, 1.54) is 4.88 Å². The van der Waals surface area contributed by atoms with Gasteiger partial charge in [0.25, 0.3) is 0 Å². The van der Waals surface area contributed by atoms with E-state index in [0.717, 1.165) is 31.4 Å². The van der Waals surface area contributed by atoms with E-state index in [1.54, 1.807) is 23.0 Å². The Morgan fingerprint density at radius 3 is 2.61 bits per heavy atom. The molecule has 1 aromatic heterocycles. The first-order valence-corrected chi connectivity index (χ1v) is 11.5. The topological polar surface area (TPSA) is 83.8 Å². The number of aliphatic hydroxyl groups excluding tert-OH is 1. The molecule has 0 aromatic carbocycles. The van der Waals surface area contributed by atoms with Crippen LogP contribution in [0.2, 0.25) is 0 Å². The smallest absolute Gasteiger partial charge is 0.322 e. The maximum absolute atomic E-state index is 12.8. The monoisotopic (exact) mass is 446 g/mol. The fraction of sp³-hybridized carbons (Fsp3) is 0.591. The molecule has 1 aromatic rings. The summed E-state index contributed by atoms with van der Waals surface area (Å²) in [5.74, 6) is 0.409. The summed E-state index contributed by atoms with van der Waals surface area (Å²) < 4.78 is 0. The molecule has 170 valence electrons. The summed E-state index contributed by atoms with van der Waals surface area (Å²) in [6.07, 6.45) is 5.52. The summed E-state index contributed by atoms with van der Waals surface area (Å²) in [5, 5.41) is 14.5. The Morgan fingerprint density at radius 2 is 2.06 bits per heavy atom. The Labute approximate surface area is 189 Å². The highest BCUT2D eigenvalue weighted by Gasteiger charge is 2.50. The Hall–Kier alpha value is -2.23. The van der Waals surface area contributed by atoms with Gasteiger partial charge in [-0.25, -0.2) is 14.8 Å². The van der Waals surface area contributed by atoms with E-state index in [4.69, 9.17) is 5.11 Å². The number of amides is 2. The second-order valence-corrected chi connectivity index (χ2v) is 9.65. The summed E-state index contributed by atoms with van der Waals surface area (Å²) in [6, 6.07) is 4.27. The van der Waals surface area contributed by atoms with E-state index in [1.807, 2.05) is 18.3 Å². The van der Waals surface area contributed by atoms with Crippen molar-refractivity contribution in [1.29, 1.82) is 0 Å². The average molecular weight is 447 g/mol. The number of likely N-dealkylation sites (N-methyl/N-ethyl adjacent to an activating group) is 1. The van der Waals surface area contributed by atoms with Crippen molar-refractivity contribution in [2.45, 2.75) is 43.7 Å². The van der Waals surface area contributed by atoms with Crippen molar-refractivity contribution in [2.75, 3.05) is 40.8 Å². The molecule has 1 aliphatic heterocycles. The number of aliphatic hydroxyl groups is 1. The molecule has 1 saturated heterocycles. The van der Waals surface area contributed by atoms with Crippen LogP contribution in [0.25, 0.3) is 0 Å². The van der Waals surface area contributed by atoms with Crippen LogP contribution in [-0.2, 0) is 5.54 Å². The molecule has 0 radical (unpaired) electrons. The van der Waals surface area contributed by atoms with E-state index in [0.29, 0.717) is 19.0 Å². The van der Waals surface area contributed by atoms with Gasteiger partial charge in [0.2, 0.25) is 5.96 Å². The van der Waals surface area contributed by atoms with Crippen molar-refractivity contribution >= 4 is 30.0 Å². The molecule has 8 nitrogen and oxygen atoms in total. The van der Waals surface area contributed by atoms with Crippen molar-refractivity contribution in [1.82, 2.24) is 20.0 Å². The molecule has 9 heteroatoms. The van der Waals surface area contributed by atoms with Gasteiger partial charge in [-0.2, -0.15) is 0 Å². The molecule has 31 heavy (non-hydrogen) atoms. The van der Waals surface area contributed by atoms with Gasteiger partial charge in [-0.3, -0.25) is 9.80 Å². The van der Waals surface area contributed by atoms with Crippen molar-refractivity contribution in [2.24, 2.45) is 9.98 Å². The maximum atomic E-state index is 12.8. The van der Waals surface area contributed by atoms with Crippen molar-refractivity contribution < 1.29 is 9.90 Å². The van der Waals surface area contributed by atoms with E-state index in [2.05, 4.69) is 58.5 Å². The van der Waals surface area contributed by atoms with E-state index < -0.39 is 0 Å². The van der Waals surface area contributed by atoms with E-state index >= 15 is 0 Å². The van der Waals surface area contributed by atoms with Gasteiger partial charge in [0.05, 0.1) is 30.4 Å². The minimum atomic E-state index is -0.208. The number of carbonyl (C=O) groups is 1. The lowest BCUT2D eigenvalue weighted by atomic mass is 9.71. The zero-order chi connectivity index (χ0) is 22.6. The fourth-order valence-electron chi connectivity index (χ4n) is 4.61. The van der Waals surface area contributed by atoms with Crippen LogP contribution < -0.4 is 5.32 Å². The lowest BCUT2D eigenvalue weighted by Crippen LogP contribution is -2.53. The van der Waals surface area contributed by atoms with Gasteiger partial charge < -0.3 is 15.3 Å². The predicted octanol–water partition coefficient (Wildman–Crippen LogP) is 2.69. The van der Waals surface area contributed by atoms with Crippen molar-refractivity contribution in [3.05, 3.63) is 34.3 Å². The van der Waals surface area contributed by atoms with Crippen LogP contribution in [0.3, 0.4) is 0 Å². The Bertz CT molecular complexity index is 840. The molecule has 2 heterocycles.